The average Bonchev–Trinajstić information content (AvgIpc) is 3.22. The van der Waals surface area contributed by atoms with E-state index in [-0.39, 0.29) is 5.56 Å². The molecule has 0 atom stereocenters. The maximum absolute atomic E-state index is 12.2. The minimum Gasteiger partial charge on any atom is -0.333 e. The molecule has 0 aliphatic rings. The number of hydrogen-bond acceptors (Lipinski definition) is 7. The summed E-state index contributed by atoms with van der Waals surface area (Å²) in [4.78, 5) is 26.4. The first kappa shape index (κ1) is 16.6. The predicted octanol–water partition coefficient (Wildman–Crippen LogP) is 3.52. The van der Waals surface area contributed by atoms with Crippen LogP contribution in [0.1, 0.15) is 23.3 Å². The molecule has 0 aliphatic heterocycles. The molecule has 4 rings (SSSR count). The van der Waals surface area contributed by atoms with Crippen LogP contribution in [0.15, 0.2) is 27.5 Å². The van der Waals surface area contributed by atoms with E-state index in [2.05, 4.69) is 20.1 Å². The molecule has 26 heavy (non-hydrogen) atoms. The smallest absolute Gasteiger partial charge is 0.272 e. The molecule has 132 valence electrons. The molecule has 3 heterocycles. The number of rotatable bonds is 3. The van der Waals surface area contributed by atoms with Gasteiger partial charge in [-0.15, -0.1) is 11.3 Å². The Morgan fingerprint density at radius 3 is 2.62 bits per heavy atom. The summed E-state index contributed by atoms with van der Waals surface area (Å²) in [5, 5.41) is 5.06. The molecule has 0 saturated heterocycles. The van der Waals surface area contributed by atoms with E-state index in [1.807, 2.05) is 39.0 Å². The van der Waals surface area contributed by atoms with Crippen LogP contribution in [0.25, 0.3) is 33.2 Å². The molecule has 1 aromatic carbocycles. The van der Waals surface area contributed by atoms with Gasteiger partial charge in [-0.3, -0.25) is 4.79 Å². The first-order valence-electron chi connectivity index (χ1n) is 8.27. The molecule has 0 radical (unpaired) electrons. The van der Waals surface area contributed by atoms with E-state index in [1.165, 1.54) is 11.3 Å². The van der Waals surface area contributed by atoms with Crippen molar-refractivity contribution in [1.82, 2.24) is 24.7 Å². The summed E-state index contributed by atoms with van der Waals surface area (Å²) >= 11 is 1.53. The lowest BCUT2D eigenvalue weighted by Crippen LogP contribution is -2.23. The Morgan fingerprint density at radius 2 is 1.92 bits per heavy atom. The van der Waals surface area contributed by atoms with Crippen LogP contribution in [-0.4, -0.2) is 24.7 Å². The van der Waals surface area contributed by atoms with E-state index in [0.717, 1.165) is 32.2 Å². The largest absolute Gasteiger partial charge is 0.333 e. The maximum atomic E-state index is 12.2. The second kappa shape index (κ2) is 6.14. The molecule has 8 heteroatoms. The highest BCUT2D eigenvalue weighted by Crippen LogP contribution is 2.30. The number of fused-ring (bicyclic) bond motifs is 1. The minimum absolute atomic E-state index is 0.0642. The summed E-state index contributed by atoms with van der Waals surface area (Å²) in [6, 6.07) is 5.64. The van der Waals surface area contributed by atoms with Gasteiger partial charge in [0.25, 0.3) is 11.4 Å². The molecular formula is C18H17N5O2S. The van der Waals surface area contributed by atoms with Crippen molar-refractivity contribution in [2.45, 2.75) is 34.2 Å². The molecule has 0 fully saturated rings. The number of benzene rings is 1. The Morgan fingerprint density at radius 1 is 1.12 bits per heavy atom. The average molecular weight is 367 g/mol. The Kier molecular flexibility index (Phi) is 3.91. The van der Waals surface area contributed by atoms with Crippen molar-refractivity contribution < 1.29 is 4.52 Å². The monoisotopic (exact) mass is 367 g/mol. The first-order valence-corrected chi connectivity index (χ1v) is 9.09. The maximum Gasteiger partial charge on any atom is 0.272 e. The zero-order valence-electron chi connectivity index (χ0n) is 14.9. The molecular weight excluding hydrogens is 350 g/mol. The van der Waals surface area contributed by atoms with Gasteiger partial charge in [-0.25, -0.2) is 9.97 Å². The second-order valence-corrected chi connectivity index (χ2v) is 7.22. The van der Waals surface area contributed by atoms with Crippen molar-refractivity contribution in [3.05, 3.63) is 44.9 Å². The van der Waals surface area contributed by atoms with Gasteiger partial charge in [0.15, 0.2) is 0 Å². The lowest BCUT2D eigenvalue weighted by atomic mass is 10.1. The van der Waals surface area contributed by atoms with E-state index in [1.54, 1.807) is 11.5 Å². The van der Waals surface area contributed by atoms with Gasteiger partial charge in [0, 0.05) is 12.1 Å². The fourth-order valence-corrected chi connectivity index (χ4v) is 3.83. The molecule has 0 aliphatic carbocycles. The standard InChI is InChI=1S/C18H17N5O2S/c1-5-23-14-7-6-12(8-13(14)20-10(3)18(23)24)16-21-17(25-22-16)15-9(2)19-11(4)26-15/h6-8H,5H2,1-4H3. The van der Waals surface area contributed by atoms with Crippen molar-refractivity contribution in [1.29, 1.82) is 0 Å². The summed E-state index contributed by atoms with van der Waals surface area (Å²) in [5.41, 5.74) is 3.61. The van der Waals surface area contributed by atoms with Crippen molar-refractivity contribution in [2.75, 3.05) is 0 Å². The summed E-state index contributed by atoms with van der Waals surface area (Å²) in [6.07, 6.45) is 0. The Hall–Kier alpha value is -2.87. The fraction of sp³-hybridized carbons (Fsp3) is 0.278. The van der Waals surface area contributed by atoms with E-state index >= 15 is 0 Å². The zero-order chi connectivity index (χ0) is 18.4. The van der Waals surface area contributed by atoms with E-state index in [0.29, 0.717) is 24.0 Å². The van der Waals surface area contributed by atoms with Crippen LogP contribution in [0.3, 0.4) is 0 Å². The van der Waals surface area contributed by atoms with Crippen LogP contribution < -0.4 is 5.56 Å². The van der Waals surface area contributed by atoms with Crippen LogP contribution >= 0.6 is 11.3 Å². The summed E-state index contributed by atoms with van der Waals surface area (Å²) in [7, 11) is 0. The molecule has 0 unspecified atom stereocenters. The van der Waals surface area contributed by atoms with Gasteiger partial charge in [-0.2, -0.15) is 4.98 Å². The number of aryl methyl sites for hydroxylation is 4. The molecule has 0 N–H and O–H groups in total. The SMILES string of the molecule is CCn1c(=O)c(C)nc2cc(-c3noc(-c4sc(C)nc4C)n3)ccc21. The van der Waals surface area contributed by atoms with Crippen molar-refractivity contribution in [3.8, 4) is 22.2 Å². The van der Waals surface area contributed by atoms with Gasteiger partial charge in [0.05, 0.1) is 21.7 Å². The van der Waals surface area contributed by atoms with Crippen molar-refractivity contribution >= 4 is 22.4 Å². The summed E-state index contributed by atoms with van der Waals surface area (Å²) in [6.45, 7) is 8.13. The van der Waals surface area contributed by atoms with E-state index in [9.17, 15) is 4.79 Å². The summed E-state index contributed by atoms with van der Waals surface area (Å²) in [5.74, 6) is 0.951. The van der Waals surface area contributed by atoms with Gasteiger partial charge in [-0.05, 0) is 45.9 Å². The van der Waals surface area contributed by atoms with Crippen LogP contribution in [0.2, 0.25) is 0 Å². The summed E-state index contributed by atoms with van der Waals surface area (Å²) < 4.78 is 7.15. The Balaban J connectivity index is 1.82. The predicted molar refractivity (Wildman–Crippen MR) is 100 cm³/mol. The van der Waals surface area contributed by atoms with Gasteiger partial charge in [0.1, 0.15) is 10.6 Å². The van der Waals surface area contributed by atoms with Gasteiger partial charge in [-0.1, -0.05) is 5.16 Å². The Labute approximate surface area is 153 Å². The van der Waals surface area contributed by atoms with Gasteiger partial charge < -0.3 is 9.09 Å². The molecule has 0 saturated carbocycles. The normalized spacial score (nSPS) is 11.4. The highest BCUT2D eigenvalue weighted by Gasteiger charge is 2.17. The van der Waals surface area contributed by atoms with Crippen LogP contribution in [-0.2, 0) is 6.54 Å². The lowest BCUT2D eigenvalue weighted by Gasteiger charge is -2.09. The quantitative estimate of drug-likeness (QED) is 0.551. The minimum atomic E-state index is -0.0642. The molecule has 0 amide bonds. The molecule has 0 spiro atoms. The van der Waals surface area contributed by atoms with Crippen LogP contribution in [0.4, 0.5) is 0 Å². The molecule has 4 aromatic rings. The fourth-order valence-electron chi connectivity index (χ4n) is 2.99. The topological polar surface area (TPSA) is 86.7 Å². The first-order chi connectivity index (χ1) is 12.5. The third-order valence-electron chi connectivity index (χ3n) is 4.21. The van der Waals surface area contributed by atoms with Crippen LogP contribution in [0.5, 0.6) is 0 Å². The van der Waals surface area contributed by atoms with Crippen molar-refractivity contribution in [2.24, 2.45) is 0 Å². The third-order valence-corrected chi connectivity index (χ3v) is 5.27. The van der Waals surface area contributed by atoms with Crippen LogP contribution in [0, 0.1) is 20.8 Å². The molecule has 0 bridgehead atoms. The second-order valence-electron chi connectivity index (χ2n) is 6.02. The Bertz CT molecular complexity index is 1190. The highest BCUT2D eigenvalue weighted by atomic mass is 32.1. The van der Waals surface area contributed by atoms with Crippen molar-refractivity contribution in [3.63, 3.8) is 0 Å². The van der Waals surface area contributed by atoms with Gasteiger partial charge in [0.2, 0.25) is 5.82 Å². The zero-order valence-corrected chi connectivity index (χ0v) is 15.7. The number of hydrogen-bond donors (Lipinski definition) is 0. The molecule has 3 aromatic heterocycles. The molecule has 7 nitrogen and oxygen atoms in total. The number of thiazole rings is 1. The van der Waals surface area contributed by atoms with Gasteiger partial charge >= 0.3 is 0 Å². The highest BCUT2D eigenvalue weighted by molar-refractivity contribution is 7.15. The third kappa shape index (κ3) is 2.62. The number of aromatic nitrogens is 5. The van der Waals surface area contributed by atoms with E-state index < -0.39 is 0 Å². The van der Waals surface area contributed by atoms with E-state index in [4.69, 9.17) is 4.52 Å². The lowest BCUT2D eigenvalue weighted by molar-refractivity contribution is 0.433. The number of nitrogens with zero attached hydrogens (tertiary/aromatic N) is 5.